The van der Waals surface area contributed by atoms with Crippen LogP contribution in [0.2, 0.25) is 0 Å². The van der Waals surface area contributed by atoms with Crippen molar-refractivity contribution in [2.75, 3.05) is 32.3 Å². The van der Waals surface area contributed by atoms with Gasteiger partial charge in [0.1, 0.15) is 11.6 Å². The van der Waals surface area contributed by atoms with Gasteiger partial charge in [-0.2, -0.15) is 0 Å². The molecule has 1 amide bonds. The van der Waals surface area contributed by atoms with Gasteiger partial charge in [0.2, 0.25) is 12.7 Å². The fourth-order valence-electron chi connectivity index (χ4n) is 4.68. The summed E-state index contributed by atoms with van der Waals surface area (Å²) in [5.41, 5.74) is 5.46. The van der Waals surface area contributed by atoms with Crippen molar-refractivity contribution in [1.29, 1.82) is 0 Å². The molecule has 6 rings (SSSR count). The average molecular weight is 456 g/mol. The van der Waals surface area contributed by atoms with Gasteiger partial charge in [0.15, 0.2) is 17.1 Å². The zero-order valence-electron chi connectivity index (χ0n) is 19.2. The Labute approximate surface area is 197 Å². The molecule has 0 saturated carbocycles. The van der Waals surface area contributed by atoms with E-state index >= 15 is 0 Å². The van der Waals surface area contributed by atoms with Crippen molar-refractivity contribution in [3.05, 3.63) is 72.1 Å². The van der Waals surface area contributed by atoms with Crippen molar-refractivity contribution in [1.82, 2.24) is 9.88 Å². The first-order valence-corrected chi connectivity index (χ1v) is 11.5. The minimum Gasteiger partial charge on any atom is -0.454 e. The number of rotatable bonds is 4. The second-order valence-electron chi connectivity index (χ2n) is 8.90. The summed E-state index contributed by atoms with van der Waals surface area (Å²) in [5.74, 6) is 1.81. The third-order valence-electron chi connectivity index (χ3n) is 6.54. The molecule has 1 unspecified atom stereocenters. The van der Waals surface area contributed by atoms with Crippen molar-refractivity contribution in [2.24, 2.45) is 0 Å². The Balaban J connectivity index is 1.27. The summed E-state index contributed by atoms with van der Waals surface area (Å²) in [6.07, 6.45) is 1.73. The molecular weight excluding hydrogens is 430 g/mol. The molecule has 7 heteroatoms. The van der Waals surface area contributed by atoms with Crippen molar-refractivity contribution in [3.8, 4) is 22.6 Å². The summed E-state index contributed by atoms with van der Waals surface area (Å²) >= 11 is 0. The van der Waals surface area contributed by atoms with Gasteiger partial charge in [-0.1, -0.05) is 18.2 Å². The quantitative estimate of drug-likeness (QED) is 0.418. The van der Waals surface area contributed by atoms with Gasteiger partial charge in [0, 0.05) is 31.9 Å². The molecule has 4 aromatic rings. The van der Waals surface area contributed by atoms with E-state index in [0.29, 0.717) is 29.5 Å². The predicted molar refractivity (Wildman–Crippen MR) is 129 cm³/mol. The number of anilines is 1. The minimum atomic E-state index is -0.187. The van der Waals surface area contributed by atoms with E-state index in [1.807, 2.05) is 37.2 Å². The molecule has 0 radical (unpaired) electrons. The van der Waals surface area contributed by atoms with Gasteiger partial charge in [-0.05, 0) is 66.4 Å². The van der Waals surface area contributed by atoms with Gasteiger partial charge in [0.05, 0.1) is 0 Å². The molecule has 0 N–H and O–H groups in total. The smallest absolute Gasteiger partial charge is 0.254 e. The van der Waals surface area contributed by atoms with E-state index in [9.17, 15) is 4.79 Å². The van der Waals surface area contributed by atoms with Crippen LogP contribution in [0.5, 0.6) is 11.5 Å². The first kappa shape index (κ1) is 20.6. The molecule has 34 heavy (non-hydrogen) atoms. The molecule has 1 fully saturated rings. The van der Waals surface area contributed by atoms with Crippen LogP contribution in [0.15, 0.2) is 65.1 Å². The zero-order valence-corrected chi connectivity index (χ0v) is 19.2. The summed E-state index contributed by atoms with van der Waals surface area (Å²) < 4.78 is 16.9. The lowest BCUT2D eigenvalue weighted by Gasteiger charge is -2.22. The lowest BCUT2D eigenvalue weighted by molar-refractivity contribution is 0.0716. The number of aromatic nitrogens is 1. The normalized spacial score (nSPS) is 16.9. The van der Waals surface area contributed by atoms with E-state index in [1.54, 1.807) is 18.2 Å². The Morgan fingerprint density at radius 1 is 0.971 bits per heavy atom. The standard InChI is InChI=1S/C27H25N3O4/c1-29(2)20-9-5-17(6-10-20)18-7-11-23-21(14-18)28-26(34-23)22-4-3-13-30(22)27(31)19-8-12-24-25(15-19)33-16-32-24/h5-12,14-15,22H,3-4,13,16H2,1-2H3. The maximum atomic E-state index is 13.3. The number of oxazole rings is 1. The van der Waals surface area contributed by atoms with Crippen LogP contribution in [0.25, 0.3) is 22.2 Å². The zero-order chi connectivity index (χ0) is 23.2. The van der Waals surface area contributed by atoms with Crippen molar-refractivity contribution in [3.63, 3.8) is 0 Å². The van der Waals surface area contributed by atoms with Gasteiger partial charge in [0.25, 0.3) is 5.91 Å². The summed E-state index contributed by atoms with van der Waals surface area (Å²) in [7, 11) is 4.06. The molecule has 0 bridgehead atoms. The second-order valence-corrected chi connectivity index (χ2v) is 8.90. The molecule has 0 spiro atoms. The Hall–Kier alpha value is -4.00. The first-order valence-electron chi connectivity index (χ1n) is 11.5. The van der Waals surface area contributed by atoms with E-state index in [0.717, 1.165) is 40.8 Å². The van der Waals surface area contributed by atoms with Gasteiger partial charge < -0.3 is 23.7 Å². The predicted octanol–water partition coefficient (Wildman–Crippen LogP) is 5.27. The van der Waals surface area contributed by atoms with Gasteiger partial charge in [-0.15, -0.1) is 0 Å². The molecule has 1 atom stereocenters. The van der Waals surface area contributed by atoms with Crippen molar-refractivity contribution in [2.45, 2.75) is 18.9 Å². The maximum absolute atomic E-state index is 13.3. The first-order chi connectivity index (χ1) is 16.6. The monoisotopic (exact) mass is 455 g/mol. The molecule has 7 nitrogen and oxygen atoms in total. The highest BCUT2D eigenvalue weighted by Crippen LogP contribution is 2.37. The summed E-state index contributed by atoms with van der Waals surface area (Å²) in [5, 5.41) is 0. The molecule has 3 heterocycles. The Bertz CT molecular complexity index is 1380. The summed E-state index contributed by atoms with van der Waals surface area (Å²) in [6, 6.07) is 19.6. The second kappa shape index (κ2) is 8.09. The van der Waals surface area contributed by atoms with Crippen LogP contribution in [0.1, 0.15) is 35.1 Å². The fraction of sp³-hybridized carbons (Fsp3) is 0.259. The van der Waals surface area contributed by atoms with Crippen LogP contribution < -0.4 is 14.4 Å². The van der Waals surface area contributed by atoms with Crippen LogP contribution >= 0.6 is 0 Å². The number of carbonyl (C=O) groups is 1. The highest BCUT2D eigenvalue weighted by atomic mass is 16.7. The van der Waals surface area contributed by atoms with Crippen LogP contribution in [-0.2, 0) is 0 Å². The number of hydrogen-bond acceptors (Lipinski definition) is 6. The fourth-order valence-corrected chi connectivity index (χ4v) is 4.68. The SMILES string of the molecule is CN(C)c1ccc(-c2ccc3oc(C4CCCN4C(=O)c4ccc5c(c4)OCO5)nc3c2)cc1. The van der Waals surface area contributed by atoms with Gasteiger partial charge in [-0.3, -0.25) is 4.79 Å². The van der Waals surface area contributed by atoms with E-state index in [1.165, 1.54) is 0 Å². The molecule has 1 saturated heterocycles. The number of nitrogens with zero attached hydrogens (tertiary/aromatic N) is 3. The molecule has 0 aliphatic carbocycles. The highest BCUT2D eigenvalue weighted by molar-refractivity contribution is 5.95. The van der Waals surface area contributed by atoms with Crippen LogP contribution in [0, 0.1) is 0 Å². The van der Waals surface area contributed by atoms with Crippen molar-refractivity contribution < 1.29 is 18.7 Å². The number of carbonyl (C=O) groups excluding carboxylic acids is 1. The average Bonchev–Trinajstić information content (AvgIpc) is 3.61. The van der Waals surface area contributed by atoms with Crippen LogP contribution in [0.4, 0.5) is 5.69 Å². The number of hydrogen-bond donors (Lipinski definition) is 0. The van der Waals surface area contributed by atoms with E-state index in [2.05, 4.69) is 29.2 Å². The maximum Gasteiger partial charge on any atom is 0.254 e. The molecule has 3 aromatic carbocycles. The van der Waals surface area contributed by atoms with Gasteiger partial charge >= 0.3 is 0 Å². The Kier molecular flexibility index (Phi) is 4.90. The lowest BCUT2D eigenvalue weighted by Crippen LogP contribution is -2.30. The molecule has 1 aromatic heterocycles. The summed E-state index contributed by atoms with van der Waals surface area (Å²) in [4.78, 5) is 22.0. The number of fused-ring (bicyclic) bond motifs is 2. The topological polar surface area (TPSA) is 68.0 Å². The molecule has 2 aliphatic heterocycles. The van der Waals surface area contributed by atoms with Crippen molar-refractivity contribution >= 4 is 22.7 Å². The van der Waals surface area contributed by atoms with E-state index < -0.39 is 0 Å². The number of likely N-dealkylation sites (tertiary alicyclic amines) is 1. The summed E-state index contributed by atoms with van der Waals surface area (Å²) in [6.45, 7) is 0.851. The minimum absolute atomic E-state index is 0.0512. The van der Waals surface area contributed by atoms with E-state index in [4.69, 9.17) is 18.9 Å². The number of amides is 1. The number of benzene rings is 3. The third-order valence-corrected chi connectivity index (χ3v) is 6.54. The number of ether oxygens (including phenoxy) is 2. The van der Waals surface area contributed by atoms with Crippen LogP contribution in [0.3, 0.4) is 0 Å². The third kappa shape index (κ3) is 3.53. The molecule has 172 valence electrons. The highest BCUT2D eigenvalue weighted by Gasteiger charge is 2.34. The van der Waals surface area contributed by atoms with Crippen LogP contribution in [-0.4, -0.2) is 43.2 Å². The Morgan fingerprint density at radius 2 is 1.76 bits per heavy atom. The molecule has 2 aliphatic rings. The van der Waals surface area contributed by atoms with E-state index in [-0.39, 0.29) is 18.7 Å². The lowest BCUT2D eigenvalue weighted by atomic mass is 10.0. The molecular formula is C27H25N3O4. The Morgan fingerprint density at radius 3 is 2.59 bits per heavy atom. The largest absolute Gasteiger partial charge is 0.454 e. The van der Waals surface area contributed by atoms with Gasteiger partial charge in [-0.25, -0.2) is 4.98 Å².